The Kier molecular flexibility index (Phi) is 5.85. The fourth-order valence-electron chi connectivity index (χ4n) is 2.62. The van der Waals surface area contributed by atoms with Crippen LogP contribution in [0.5, 0.6) is 0 Å². The second-order valence-corrected chi connectivity index (χ2v) is 6.92. The number of methoxy groups -OCH3 is 1. The molecule has 6 nitrogen and oxygen atoms in total. The number of nitrogens with one attached hydrogen (secondary N) is 3. The number of carbonyl (C=O) groups excluding carboxylic acids is 1. The van der Waals surface area contributed by atoms with Crippen molar-refractivity contribution >= 4 is 56.0 Å². The van der Waals surface area contributed by atoms with Crippen LogP contribution in [-0.4, -0.2) is 34.2 Å². The number of fused-ring (bicyclic) bond motifs is 1. The topological polar surface area (TPSA) is 79.0 Å². The summed E-state index contributed by atoms with van der Waals surface area (Å²) >= 11 is 8.64. The van der Waals surface area contributed by atoms with Gasteiger partial charge in [0.05, 0.1) is 7.11 Å². The first-order valence-corrected chi connectivity index (χ1v) is 9.09. The van der Waals surface area contributed by atoms with E-state index in [-0.39, 0.29) is 5.97 Å². The van der Waals surface area contributed by atoms with Crippen molar-refractivity contribution in [2.24, 2.45) is 0 Å². The number of halogens is 1. The molecule has 0 aliphatic heterocycles. The molecular weight excluding hydrogens is 416 g/mol. The van der Waals surface area contributed by atoms with Crippen molar-refractivity contribution in [2.45, 2.75) is 12.5 Å². The summed E-state index contributed by atoms with van der Waals surface area (Å²) < 4.78 is 5.79. The summed E-state index contributed by atoms with van der Waals surface area (Å²) in [4.78, 5) is 19.6. The number of hydrogen-bond donors (Lipinski definition) is 3. The Morgan fingerprint density at radius 3 is 2.88 bits per heavy atom. The Morgan fingerprint density at radius 2 is 2.15 bits per heavy atom. The molecule has 0 fully saturated rings. The van der Waals surface area contributed by atoms with Gasteiger partial charge in [0.1, 0.15) is 11.9 Å². The fourth-order valence-corrected chi connectivity index (χ4v) is 3.10. The largest absolute Gasteiger partial charge is 0.467 e. The molecule has 0 radical (unpaired) electrons. The molecule has 0 spiro atoms. The maximum Gasteiger partial charge on any atom is 0.328 e. The van der Waals surface area contributed by atoms with Crippen molar-refractivity contribution in [2.75, 3.05) is 12.4 Å². The number of aromatic nitrogens is 2. The number of ether oxygens (including phenoxy) is 1. The molecule has 3 aromatic rings. The SMILES string of the molecule is COC(=O)[C@H](Cc1c[nH]c2ccccc12)NC(=S)Nc1ccc(Br)cn1. The quantitative estimate of drug-likeness (QED) is 0.423. The average molecular weight is 433 g/mol. The minimum atomic E-state index is -0.616. The number of aromatic amines is 1. The maximum atomic E-state index is 12.2. The highest BCUT2D eigenvalue weighted by molar-refractivity contribution is 9.10. The van der Waals surface area contributed by atoms with Gasteiger partial charge in [0.25, 0.3) is 0 Å². The van der Waals surface area contributed by atoms with Crippen LogP contribution in [-0.2, 0) is 16.0 Å². The van der Waals surface area contributed by atoms with E-state index in [4.69, 9.17) is 17.0 Å². The first kappa shape index (κ1) is 18.3. The Morgan fingerprint density at radius 1 is 1.35 bits per heavy atom. The van der Waals surface area contributed by atoms with Crippen molar-refractivity contribution in [3.05, 3.63) is 58.8 Å². The third-order valence-corrected chi connectivity index (χ3v) is 4.55. The zero-order valence-electron chi connectivity index (χ0n) is 14.0. The van der Waals surface area contributed by atoms with E-state index in [9.17, 15) is 4.79 Å². The van der Waals surface area contributed by atoms with Gasteiger partial charge in [-0.1, -0.05) is 18.2 Å². The molecule has 26 heavy (non-hydrogen) atoms. The van der Waals surface area contributed by atoms with Gasteiger partial charge in [0.15, 0.2) is 5.11 Å². The van der Waals surface area contributed by atoms with Gasteiger partial charge in [0.2, 0.25) is 0 Å². The molecule has 0 unspecified atom stereocenters. The lowest BCUT2D eigenvalue weighted by atomic mass is 10.1. The van der Waals surface area contributed by atoms with Gasteiger partial charge in [-0.05, 0) is 51.9 Å². The number of H-pyrrole nitrogens is 1. The van der Waals surface area contributed by atoms with Crippen molar-refractivity contribution < 1.29 is 9.53 Å². The molecule has 8 heteroatoms. The van der Waals surface area contributed by atoms with E-state index in [0.717, 1.165) is 20.9 Å². The molecule has 3 N–H and O–H groups in total. The van der Waals surface area contributed by atoms with E-state index in [1.165, 1.54) is 7.11 Å². The molecule has 0 saturated carbocycles. The Bertz CT molecular complexity index is 926. The number of rotatable bonds is 5. The maximum absolute atomic E-state index is 12.2. The van der Waals surface area contributed by atoms with E-state index < -0.39 is 6.04 Å². The lowest BCUT2D eigenvalue weighted by Gasteiger charge is -2.18. The number of carbonyl (C=O) groups is 1. The Balaban J connectivity index is 1.72. The third-order valence-electron chi connectivity index (χ3n) is 3.86. The molecule has 1 atom stereocenters. The van der Waals surface area contributed by atoms with Crippen LogP contribution in [0.25, 0.3) is 10.9 Å². The lowest BCUT2D eigenvalue weighted by Crippen LogP contribution is -2.44. The fraction of sp³-hybridized carbons (Fsp3) is 0.167. The normalized spacial score (nSPS) is 11.8. The number of hydrogen-bond acceptors (Lipinski definition) is 4. The van der Waals surface area contributed by atoms with Gasteiger partial charge >= 0.3 is 5.97 Å². The van der Waals surface area contributed by atoms with Gasteiger partial charge in [-0.15, -0.1) is 0 Å². The van der Waals surface area contributed by atoms with E-state index in [0.29, 0.717) is 17.4 Å². The first-order chi connectivity index (χ1) is 12.6. The van der Waals surface area contributed by atoms with Gasteiger partial charge in [-0.2, -0.15) is 0 Å². The van der Waals surface area contributed by atoms with E-state index in [1.807, 2.05) is 36.5 Å². The van der Waals surface area contributed by atoms with Crippen molar-refractivity contribution in [3.8, 4) is 0 Å². The van der Waals surface area contributed by atoms with E-state index >= 15 is 0 Å². The number of nitrogens with zero attached hydrogens (tertiary/aromatic N) is 1. The summed E-state index contributed by atoms with van der Waals surface area (Å²) in [5.41, 5.74) is 2.03. The van der Waals surface area contributed by atoms with E-state index in [2.05, 4.69) is 36.5 Å². The van der Waals surface area contributed by atoms with Gasteiger partial charge in [-0.25, -0.2) is 9.78 Å². The van der Waals surface area contributed by atoms with Crippen LogP contribution in [0.2, 0.25) is 0 Å². The minimum Gasteiger partial charge on any atom is -0.467 e. The second kappa shape index (κ2) is 8.29. The van der Waals surface area contributed by atoms with Crippen LogP contribution in [0, 0.1) is 0 Å². The summed E-state index contributed by atoms with van der Waals surface area (Å²) in [6.45, 7) is 0. The predicted octanol–water partition coefficient (Wildman–Crippen LogP) is 3.40. The molecule has 0 bridgehead atoms. The van der Waals surface area contributed by atoms with Gasteiger partial charge in [0, 0.05) is 34.2 Å². The van der Waals surface area contributed by atoms with Crippen molar-refractivity contribution in [1.82, 2.24) is 15.3 Å². The number of esters is 1. The summed E-state index contributed by atoms with van der Waals surface area (Å²) in [7, 11) is 1.36. The molecule has 2 aromatic heterocycles. The molecule has 134 valence electrons. The zero-order valence-corrected chi connectivity index (χ0v) is 16.4. The van der Waals surface area contributed by atoms with Crippen LogP contribution < -0.4 is 10.6 Å². The average Bonchev–Trinajstić information content (AvgIpc) is 3.05. The minimum absolute atomic E-state index is 0.301. The van der Waals surface area contributed by atoms with Crippen LogP contribution >= 0.6 is 28.1 Å². The second-order valence-electron chi connectivity index (χ2n) is 5.60. The molecule has 1 aromatic carbocycles. The number of thiocarbonyl (C=S) groups is 1. The zero-order chi connectivity index (χ0) is 18.5. The summed E-state index contributed by atoms with van der Waals surface area (Å²) in [5, 5.41) is 7.35. The number of para-hydroxylation sites is 1. The van der Waals surface area contributed by atoms with Gasteiger partial charge < -0.3 is 20.4 Å². The predicted molar refractivity (Wildman–Crippen MR) is 109 cm³/mol. The standard InChI is InChI=1S/C18H17BrN4O2S/c1-25-17(24)15(8-11-9-20-14-5-3-2-4-13(11)14)22-18(26)23-16-7-6-12(19)10-21-16/h2-7,9-10,15,20H,8H2,1H3,(H2,21,22,23,26)/t15-/m0/s1. The third kappa shape index (κ3) is 4.39. The molecule has 0 aliphatic carbocycles. The number of benzene rings is 1. The molecular formula is C18H17BrN4O2S. The summed E-state index contributed by atoms with van der Waals surface area (Å²) in [5.74, 6) is 0.199. The van der Waals surface area contributed by atoms with Crippen LogP contribution in [0.1, 0.15) is 5.56 Å². The van der Waals surface area contributed by atoms with Gasteiger partial charge in [-0.3, -0.25) is 0 Å². The van der Waals surface area contributed by atoms with Crippen molar-refractivity contribution in [1.29, 1.82) is 0 Å². The van der Waals surface area contributed by atoms with Crippen molar-refractivity contribution in [3.63, 3.8) is 0 Å². The Labute approximate surface area is 164 Å². The van der Waals surface area contributed by atoms with Crippen LogP contribution in [0.3, 0.4) is 0 Å². The molecule has 0 amide bonds. The van der Waals surface area contributed by atoms with Crippen LogP contribution in [0.15, 0.2) is 53.3 Å². The molecule has 2 heterocycles. The number of anilines is 1. The Hall–Kier alpha value is -2.45. The number of pyridine rings is 1. The molecule has 3 rings (SSSR count). The lowest BCUT2D eigenvalue weighted by molar-refractivity contribution is -0.142. The highest BCUT2D eigenvalue weighted by atomic mass is 79.9. The molecule has 0 aliphatic rings. The van der Waals surface area contributed by atoms with Crippen LogP contribution in [0.4, 0.5) is 5.82 Å². The summed E-state index contributed by atoms with van der Waals surface area (Å²) in [6, 6.07) is 10.9. The highest BCUT2D eigenvalue weighted by Gasteiger charge is 2.22. The molecule has 0 saturated heterocycles. The monoisotopic (exact) mass is 432 g/mol. The highest BCUT2D eigenvalue weighted by Crippen LogP contribution is 2.19. The van der Waals surface area contributed by atoms with E-state index in [1.54, 1.807) is 12.3 Å². The first-order valence-electron chi connectivity index (χ1n) is 7.88. The summed E-state index contributed by atoms with van der Waals surface area (Å²) in [6.07, 6.45) is 4.00. The smallest absolute Gasteiger partial charge is 0.328 e.